The predicted octanol–water partition coefficient (Wildman–Crippen LogP) is 0.218. The zero-order valence-corrected chi connectivity index (χ0v) is 24.6. The highest BCUT2D eigenvalue weighted by Crippen LogP contribution is 2.48. The van der Waals surface area contributed by atoms with Crippen molar-refractivity contribution in [1.82, 2.24) is 24.9 Å². The number of ketones is 1. The number of morpholine rings is 1. The number of nitrogens with zero attached hydrogens (tertiary/aromatic N) is 5. The van der Waals surface area contributed by atoms with Gasteiger partial charge in [-0.05, 0) is 31.7 Å². The van der Waals surface area contributed by atoms with Crippen molar-refractivity contribution in [2.24, 2.45) is 4.99 Å². The smallest absolute Gasteiger partial charge is 0.312 e. The fraction of sp³-hybridized carbons (Fsp3) is 0.571. The summed E-state index contributed by atoms with van der Waals surface area (Å²) in [6.07, 6.45) is 1.88. The quantitative estimate of drug-likeness (QED) is 0.376. The number of hydrogen-bond acceptors (Lipinski definition) is 8. The monoisotopic (exact) mass is 604 g/mol. The van der Waals surface area contributed by atoms with E-state index in [4.69, 9.17) is 16.3 Å². The van der Waals surface area contributed by atoms with Crippen LogP contribution < -0.4 is 5.32 Å². The third-order valence-corrected chi connectivity index (χ3v) is 9.33. The third-order valence-electron chi connectivity index (χ3n) is 9.04. The average Bonchev–Trinajstić information content (AvgIpc) is 3.23. The minimum absolute atomic E-state index is 0.101. The SMILES string of the molecule is CN(C)C(=O)C(=O)N(C)C12CCC(N3CCOCC3)(CC1)CN1C(=O)C(=O)C(C(=O)NCc3cccc(Cl)c3F)N=C12. The lowest BCUT2D eigenvalue weighted by Crippen LogP contribution is -2.65. The average molecular weight is 605 g/mol. The molecule has 0 radical (unpaired) electrons. The number of amides is 4. The minimum atomic E-state index is -1.73. The van der Waals surface area contributed by atoms with Crippen LogP contribution in [0.15, 0.2) is 23.2 Å². The van der Waals surface area contributed by atoms with Gasteiger partial charge >= 0.3 is 11.8 Å². The molecule has 1 aromatic carbocycles. The summed E-state index contributed by atoms with van der Waals surface area (Å²) in [7, 11) is 4.44. The number of Topliss-reactive ketones (excluding diaryl/α,β-unsaturated/α-hetero) is 1. The molecule has 1 unspecified atom stereocenters. The molecule has 5 aliphatic rings. The van der Waals surface area contributed by atoms with Crippen LogP contribution in [0.3, 0.4) is 0 Å². The fourth-order valence-electron chi connectivity index (χ4n) is 6.53. The summed E-state index contributed by atoms with van der Waals surface area (Å²) in [6, 6.07) is 2.61. The van der Waals surface area contributed by atoms with Gasteiger partial charge in [0.05, 0.1) is 18.2 Å². The molecule has 4 fully saturated rings. The molecule has 0 aromatic heterocycles. The molecule has 1 aliphatic carbocycles. The molecule has 6 rings (SSSR count). The molecule has 42 heavy (non-hydrogen) atoms. The van der Waals surface area contributed by atoms with E-state index in [2.05, 4.69) is 15.2 Å². The second-order valence-corrected chi connectivity index (χ2v) is 11.9. The van der Waals surface area contributed by atoms with Crippen LogP contribution in [0.5, 0.6) is 0 Å². The highest BCUT2D eigenvalue weighted by atomic mass is 35.5. The Bertz CT molecular complexity index is 1350. The lowest BCUT2D eigenvalue weighted by molar-refractivity contribution is -0.153. The maximum Gasteiger partial charge on any atom is 0.312 e. The second-order valence-electron chi connectivity index (χ2n) is 11.5. The third kappa shape index (κ3) is 4.96. The van der Waals surface area contributed by atoms with Crippen LogP contribution in [0.4, 0.5) is 4.39 Å². The van der Waals surface area contributed by atoms with E-state index in [0.717, 1.165) is 0 Å². The van der Waals surface area contributed by atoms with Crippen molar-refractivity contribution in [3.8, 4) is 0 Å². The second kappa shape index (κ2) is 11.3. The van der Waals surface area contributed by atoms with Gasteiger partial charge in [0.15, 0.2) is 6.04 Å². The first-order chi connectivity index (χ1) is 19.9. The molecule has 3 saturated heterocycles. The summed E-state index contributed by atoms with van der Waals surface area (Å²) in [5.74, 6) is -4.92. The number of fused-ring (bicyclic) bond motifs is 2. The van der Waals surface area contributed by atoms with Gasteiger partial charge in [0, 0.05) is 58.4 Å². The Labute approximate surface area is 247 Å². The van der Waals surface area contributed by atoms with Gasteiger partial charge in [-0.25, -0.2) is 9.38 Å². The lowest BCUT2D eigenvalue weighted by Gasteiger charge is -2.50. The Hall–Kier alpha value is -3.42. The van der Waals surface area contributed by atoms with Crippen LogP contribution in [0.1, 0.15) is 31.2 Å². The normalized spacial score (nSPS) is 27.6. The zero-order valence-electron chi connectivity index (χ0n) is 23.8. The van der Waals surface area contributed by atoms with Gasteiger partial charge in [-0.2, -0.15) is 0 Å². The highest BCUT2D eigenvalue weighted by molar-refractivity contribution is 6.46. The van der Waals surface area contributed by atoms with E-state index in [-0.39, 0.29) is 29.5 Å². The van der Waals surface area contributed by atoms with Crippen molar-refractivity contribution in [3.63, 3.8) is 0 Å². The van der Waals surface area contributed by atoms with Crippen LogP contribution in [-0.4, -0.2) is 126 Å². The van der Waals surface area contributed by atoms with Crippen molar-refractivity contribution in [2.45, 2.75) is 49.3 Å². The van der Waals surface area contributed by atoms with E-state index in [9.17, 15) is 28.4 Å². The van der Waals surface area contributed by atoms with Crippen molar-refractivity contribution in [3.05, 3.63) is 34.6 Å². The van der Waals surface area contributed by atoms with Gasteiger partial charge in [-0.15, -0.1) is 0 Å². The minimum Gasteiger partial charge on any atom is -0.379 e. The first kappa shape index (κ1) is 30.1. The number of aliphatic imine (C=N–C) groups is 1. The number of likely N-dealkylation sites (N-methyl/N-ethyl adjacent to an activating group) is 2. The molecule has 226 valence electrons. The number of ether oxygens (including phenoxy) is 1. The molecule has 1 N–H and O–H groups in total. The van der Waals surface area contributed by atoms with Crippen LogP contribution >= 0.6 is 11.6 Å². The Morgan fingerprint density at radius 1 is 1.10 bits per heavy atom. The Kier molecular flexibility index (Phi) is 8.12. The molecule has 1 saturated carbocycles. The van der Waals surface area contributed by atoms with E-state index >= 15 is 0 Å². The molecular formula is C28H34ClFN6O6. The van der Waals surface area contributed by atoms with Gasteiger partial charge in [0.2, 0.25) is 0 Å². The highest BCUT2D eigenvalue weighted by Gasteiger charge is 2.61. The van der Waals surface area contributed by atoms with Gasteiger partial charge in [0.1, 0.15) is 17.2 Å². The molecule has 4 aliphatic heterocycles. The fourth-order valence-corrected chi connectivity index (χ4v) is 6.72. The van der Waals surface area contributed by atoms with Gasteiger partial charge in [-0.3, -0.25) is 33.8 Å². The Morgan fingerprint density at radius 3 is 2.40 bits per heavy atom. The number of carbonyl (C=O) groups is 5. The Balaban J connectivity index is 1.53. The van der Waals surface area contributed by atoms with Crippen LogP contribution in [0.25, 0.3) is 0 Å². The van der Waals surface area contributed by atoms with Gasteiger partial charge in [-0.1, -0.05) is 23.7 Å². The topological polar surface area (TPSA) is 132 Å². The first-order valence-corrected chi connectivity index (χ1v) is 14.3. The molecule has 4 amide bonds. The zero-order chi connectivity index (χ0) is 30.4. The molecule has 1 atom stereocenters. The summed E-state index contributed by atoms with van der Waals surface area (Å²) < 4.78 is 20.0. The molecule has 4 heterocycles. The standard InChI is InChI=1S/C28H34ClFN6O6/c1-33(2)24(40)25(41)34(3)28-9-7-27(8-10-28,35-11-13-42-14-12-35)16-36-23(39)21(37)20(32-26(28)36)22(38)31-15-17-5-4-6-18(29)19(17)30/h4-6,20H,7-16H2,1-3H3,(H,31,38). The van der Waals surface area contributed by atoms with Crippen LogP contribution in [0, 0.1) is 5.82 Å². The van der Waals surface area contributed by atoms with Crippen molar-refractivity contribution >= 4 is 46.8 Å². The molecule has 14 heteroatoms. The Morgan fingerprint density at radius 2 is 1.76 bits per heavy atom. The van der Waals surface area contributed by atoms with Crippen molar-refractivity contribution < 1.29 is 33.1 Å². The van der Waals surface area contributed by atoms with Crippen molar-refractivity contribution in [1.29, 1.82) is 0 Å². The largest absolute Gasteiger partial charge is 0.379 e. The van der Waals surface area contributed by atoms with Crippen molar-refractivity contribution in [2.75, 3.05) is 54.0 Å². The van der Waals surface area contributed by atoms with Crippen LogP contribution in [-0.2, 0) is 35.3 Å². The molecule has 0 spiro atoms. The summed E-state index contributed by atoms with van der Waals surface area (Å²) in [5, 5.41) is 2.38. The van der Waals surface area contributed by atoms with Gasteiger partial charge < -0.3 is 19.9 Å². The molecular weight excluding hydrogens is 571 g/mol. The maximum absolute atomic E-state index is 14.4. The van der Waals surface area contributed by atoms with E-state index in [1.807, 2.05) is 0 Å². The first-order valence-electron chi connectivity index (χ1n) is 13.9. The summed E-state index contributed by atoms with van der Waals surface area (Å²) >= 11 is 5.84. The number of carbonyl (C=O) groups excluding carboxylic acids is 5. The van der Waals surface area contributed by atoms with E-state index in [1.165, 1.54) is 54.0 Å². The number of benzene rings is 1. The number of nitrogens with one attached hydrogen (secondary N) is 1. The van der Waals surface area contributed by atoms with Gasteiger partial charge in [0.25, 0.3) is 17.6 Å². The summed E-state index contributed by atoms with van der Waals surface area (Å²) in [4.78, 5) is 77.1. The maximum atomic E-state index is 14.4. The van der Waals surface area contributed by atoms with E-state index in [0.29, 0.717) is 52.0 Å². The summed E-state index contributed by atoms with van der Waals surface area (Å²) in [5.41, 5.74) is -1.60. The van der Waals surface area contributed by atoms with E-state index in [1.54, 1.807) is 0 Å². The molecule has 1 aromatic rings. The lowest BCUT2D eigenvalue weighted by atomic mass is 9.71. The number of amidine groups is 1. The molecule has 2 bridgehead atoms. The van der Waals surface area contributed by atoms with E-state index < -0.39 is 52.3 Å². The number of rotatable bonds is 5. The molecule has 12 nitrogen and oxygen atoms in total. The predicted molar refractivity (Wildman–Crippen MR) is 149 cm³/mol. The van der Waals surface area contributed by atoms with Crippen LogP contribution in [0.2, 0.25) is 5.02 Å². The number of hydrogen-bond donors (Lipinski definition) is 1. The summed E-state index contributed by atoms with van der Waals surface area (Å²) in [6.45, 7) is 2.24. The number of halogens is 2.